The zero-order valence-electron chi connectivity index (χ0n) is 34.5. The molecule has 0 N–H and O–H groups in total. The Morgan fingerprint density at radius 1 is 0.254 bits per heavy atom. The topological polar surface area (TPSA) is 11.4 Å². The summed E-state index contributed by atoms with van der Waals surface area (Å²) in [6, 6.07) is 90.0. The van der Waals surface area contributed by atoms with Crippen molar-refractivity contribution in [1.29, 1.82) is 0 Å². The van der Waals surface area contributed by atoms with Crippen molar-refractivity contribution in [3.05, 3.63) is 249 Å². The van der Waals surface area contributed by atoms with Gasteiger partial charge in [-0.15, -0.1) is 0 Å². The van der Waals surface area contributed by atoms with Crippen LogP contribution in [0.5, 0.6) is 0 Å². The monoisotopic (exact) mass is 803 g/mol. The third-order valence-corrected chi connectivity index (χ3v) is 12.5. The molecule has 0 amide bonds. The Hall–Kier alpha value is -8.40. The van der Waals surface area contributed by atoms with Crippen molar-refractivity contribution in [3.63, 3.8) is 0 Å². The zero-order chi connectivity index (χ0) is 41.7. The van der Waals surface area contributed by atoms with Gasteiger partial charge in [0.25, 0.3) is 0 Å². The van der Waals surface area contributed by atoms with E-state index in [9.17, 15) is 0 Å². The number of rotatable bonds is 8. The summed E-state index contributed by atoms with van der Waals surface area (Å²) < 4.78 is 2.50. The molecule has 12 rings (SSSR count). The van der Waals surface area contributed by atoms with Crippen molar-refractivity contribution < 1.29 is 0 Å². The highest BCUT2D eigenvalue weighted by atomic mass is 15.1. The third-order valence-electron chi connectivity index (χ3n) is 12.5. The molecule has 0 radical (unpaired) electrons. The number of nitrogens with zero attached hydrogens (tertiary/aromatic N) is 3. The lowest BCUT2D eigenvalue weighted by Crippen LogP contribution is -2.09. The minimum Gasteiger partial charge on any atom is -0.311 e. The maximum absolute atomic E-state index is 2.50. The molecular weight excluding hydrogens is 763 g/mol. The van der Waals surface area contributed by atoms with Crippen molar-refractivity contribution in [2.75, 3.05) is 9.80 Å². The molecule has 0 fully saturated rings. The molecule has 0 saturated carbocycles. The molecule has 0 atom stereocenters. The van der Waals surface area contributed by atoms with Gasteiger partial charge < -0.3 is 14.4 Å². The van der Waals surface area contributed by atoms with E-state index < -0.39 is 0 Å². The van der Waals surface area contributed by atoms with Gasteiger partial charge in [0, 0.05) is 56.0 Å². The molecule has 1 aliphatic rings. The van der Waals surface area contributed by atoms with Gasteiger partial charge in [0.15, 0.2) is 0 Å². The Morgan fingerprint density at radius 3 is 1.17 bits per heavy atom. The number of benzene rings is 10. The summed E-state index contributed by atoms with van der Waals surface area (Å²) >= 11 is 0. The molecule has 296 valence electrons. The summed E-state index contributed by atoms with van der Waals surface area (Å²) in [6.07, 6.45) is 0. The number of para-hydroxylation sites is 5. The average Bonchev–Trinajstić information content (AvgIpc) is 3.63. The third kappa shape index (κ3) is 6.29. The Bertz CT molecular complexity index is 3330. The number of aromatic nitrogens is 1. The van der Waals surface area contributed by atoms with Gasteiger partial charge in [-0.05, 0) is 137 Å². The molecule has 0 unspecified atom stereocenters. The Kier molecular flexibility index (Phi) is 8.83. The van der Waals surface area contributed by atoms with Gasteiger partial charge in [-0.3, -0.25) is 0 Å². The van der Waals surface area contributed by atoms with E-state index in [-0.39, 0.29) is 0 Å². The number of hydrogen-bond acceptors (Lipinski definition) is 2. The van der Waals surface area contributed by atoms with Crippen LogP contribution in [0.15, 0.2) is 249 Å². The van der Waals surface area contributed by atoms with Crippen molar-refractivity contribution in [3.8, 4) is 50.2 Å². The molecular formula is C60H41N3. The number of hydrogen-bond donors (Lipinski definition) is 0. The molecule has 0 bridgehead atoms. The van der Waals surface area contributed by atoms with Crippen molar-refractivity contribution in [2.24, 2.45) is 0 Å². The van der Waals surface area contributed by atoms with E-state index in [2.05, 4.69) is 263 Å². The second-order valence-electron chi connectivity index (χ2n) is 16.2. The lowest BCUT2D eigenvalue weighted by atomic mass is 9.90. The number of fused-ring (bicyclic) bond motifs is 8. The minimum atomic E-state index is 1.11. The van der Waals surface area contributed by atoms with E-state index in [4.69, 9.17) is 0 Å². The van der Waals surface area contributed by atoms with Gasteiger partial charge in [-0.1, -0.05) is 146 Å². The van der Waals surface area contributed by atoms with Crippen molar-refractivity contribution in [2.45, 2.75) is 0 Å². The van der Waals surface area contributed by atoms with Crippen molar-refractivity contribution in [1.82, 2.24) is 4.57 Å². The molecule has 0 aliphatic carbocycles. The van der Waals surface area contributed by atoms with E-state index in [1.807, 2.05) is 0 Å². The van der Waals surface area contributed by atoms with Gasteiger partial charge in [0.2, 0.25) is 0 Å². The van der Waals surface area contributed by atoms with Crippen LogP contribution < -0.4 is 9.80 Å². The molecule has 63 heavy (non-hydrogen) atoms. The molecule has 1 aliphatic heterocycles. The van der Waals surface area contributed by atoms with Gasteiger partial charge in [-0.25, -0.2) is 0 Å². The second-order valence-corrected chi connectivity index (χ2v) is 16.2. The second kappa shape index (κ2) is 15.3. The first-order valence-corrected chi connectivity index (χ1v) is 21.6. The Morgan fingerprint density at radius 2 is 0.651 bits per heavy atom. The molecule has 11 aromatic rings. The normalized spacial score (nSPS) is 11.5. The first-order valence-electron chi connectivity index (χ1n) is 21.6. The predicted octanol–water partition coefficient (Wildman–Crippen LogP) is 16.7. The Labute approximate surface area is 367 Å². The summed E-state index contributed by atoms with van der Waals surface area (Å²) in [5, 5.41) is 2.50. The Balaban J connectivity index is 0.977. The quantitative estimate of drug-likeness (QED) is 0.152. The van der Waals surface area contributed by atoms with E-state index in [1.165, 1.54) is 72.0 Å². The van der Waals surface area contributed by atoms with Crippen LogP contribution in [-0.2, 0) is 0 Å². The summed E-state index contributed by atoms with van der Waals surface area (Å²) in [7, 11) is 0. The molecule has 3 heteroatoms. The molecule has 0 saturated heterocycles. The first kappa shape index (κ1) is 36.5. The van der Waals surface area contributed by atoms with Crippen LogP contribution in [0, 0.1) is 0 Å². The fraction of sp³-hybridized carbons (Fsp3) is 0. The average molecular weight is 804 g/mol. The van der Waals surface area contributed by atoms with E-state index in [0.29, 0.717) is 0 Å². The van der Waals surface area contributed by atoms with Crippen molar-refractivity contribution >= 4 is 55.9 Å². The van der Waals surface area contributed by atoms with E-state index in [0.717, 1.165) is 34.1 Å². The molecule has 0 spiro atoms. The summed E-state index contributed by atoms with van der Waals surface area (Å²) in [6.45, 7) is 0. The standard InChI is InChI=1S/C60H41N3/c1-5-17-46(18-6-1)61(47-19-7-2-8-20-47)50-34-29-42(30-35-50)44-33-38-59-55(39-44)52-25-13-14-26-53(52)56-40-45(41-57-54-27-15-16-28-58(54)63(59)60(56)57)43-31-36-51(37-32-43)62(48-21-9-3-10-22-48)49-23-11-4-12-24-49/h1-41H. The highest BCUT2D eigenvalue weighted by Crippen LogP contribution is 2.49. The molecule has 1 aromatic heterocycles. The molecule has 2 heterocycles. The molecule has 3 nitrogen and oxygen atoms in total. The number of anilines is 6. The van der Waals surface area contributed by atoms with Gasteiger partial charge in [0.05, 0.1) is 16.7 Å². The fourth-order valence-corrected chi connectivity index (χ4v) is 9.61. The SMILES string of the molecule is c1ccc(N(c2ccccc2)c2ccc(-c3ccc4c(c3)-c3ccccc3-c3cc(-c5ccc(N(c6ccccc6)c6ccccc6)cc5)cc5c6ccccc6n-4c35)cc2)cc1. The lowest BCUT2D eigenvalue weighted by Gasteiger charge is -2.25. The maximum Gasteiger partial charge on any atom is 0.0620 e. The first-order chi connectivity index (χ1) is 31.3. The summed E-state index contributed by atoms with van der Waals surface area (Å²) in [5.41, 5.74) is 20.0. The van der Waals surface area contributed by atoms with Gasteiger partial charge in [0.1, 0.15) is 0 Å². The van der Waals surface area contributed by atoms with Gasteiger partial charge >= 0.3 is 0 Å². The van der Waals surface area contributed by atoms with Crippen LogP contribution in [0.3, 0.4) is 0 Å². The highest BCUT2D eigenvalue weighted by Gasteiger charge is 2.26. The predicted molar refractivity (Wildman–Crippen MR) is 265 cm³/mol. The lowest BCUT2D eigenvalue weighted by molar-refractivity contribution is 1.19. The van der Waals surface area contributed by atoms with Crippen LogP contribution in [-0.4, -0.2) is 4.57 Å². The largest absolute Gasteiger partial charge is 0.311 e. The van der Waals surface area contributed by atoms with Crippen LogP contribution in [0.1, 0.15) is 0 Å². The summed E-state index contributed by atoms with van der Waals surface area (Å²) in [5.74, 6) is 0. The van der Waals surface area contributed by atoms with E-state index in [1.54, 1.807) is 0 Å². The maximum atomic E-state index is 2.50. The van der Waals surface area contributed by atoms with Crippen LogP contribution >= 0.6 is 0 Å². The smallest absolute Gasteiger partial charge is 0.0620 e. The minimum absolute atomic E-state index is 1.11. The molecule has 10 aromatic carbocycles. The van der Waals surface area contributed by atoms with Crippen LogP contribution in [0.25, 0.3) is 72.0 Å². The highest BCUT2D eigenvalue weighted by molar-refractivity contribution is 6.18. The fourth-order valence-electron chi connectivity index (χ4n) is 9.61. The van der Waals surface area contributed by atoms with Gasteiger partial charge in [-0.2, -0.15) is 0 Å². The zero-order valence-corrected chi connectivity index (χ0v) is 34.5. The van der Waals surface area contributed by atoms with E-state index >= 15 is 0 Å². The summed E-state index contributed by atoms with van der Waals surface area (Å²) in [4.78, 5) is 4.62. The van der Waals surface area contributed by atoms with Crippen LogP contribution in [0.4, 0.5) is 34.1 Å². The van der Waals surface area contributed by atoms with Crippen LogP contribution in [0.2, 0.25) is 0 Å².